The van der Waals surface area contributed by atoms with E-state index in [0.717, 1.165) is 0 Å². The van der Waals surface area contributed by atoms with Crippen molar-refractivity contribution in [3.8, 4) is 0 Å². The van der Waals surface area contributed by atoms with E-state index < -0.39 is 18.0 Å². The average molecular weight is 390 g/mol. The summed E-state index contributed by atoms with van der Waals surface area (Å²) in [6, 6.07) is 10.2. The van der Waals surface area contributed by atoms with Crippen LogP contribution in [-0.2, 0) is 9.53 Å². The fourth-order valence-corrected chi connectivity index (χ4v) is 3.72. The number of ether oxygens (including phenoxy) is 1. The van der Waals surface area contributed by atoms with Crippen molar-refractivity contribution < 1.29 is 23.9 Å². The number of carbonyl (C=O) groups is 4. The maximum atomic E-state index is 13.0. The van der Waals surface area contributed by atoms with Crippen molar-refractivity contribution in [1.82, 2.24) is 10.6 Å². The van der Waals surface area contributed by atoms with Crippen molar-refractivity contribution in [2.24, 2.45) is 0 Å². The van der Waals surface area contributed by atoms with Crippen LogP contribution in [0.25, 0.3) is 0 Å². The quantitative estimate of drug-likeness (QED) is 0.670. The van der Waals surface area contributed by atoms with Crippen molar-refractivity contribution >= 4 is 23.6 Å². The lowest BCUT2D eigenvalue weighted by molar-refractivity contribution is -0.139. The third-order valence-corrected chi connectivity index (χ3v) is 5.05. The summed E-state index contributed by atoms with van der Waals surface area (Å²) in [7, 11) is 0. The number of rotatable bonds is 3. The molecule has 0 aromatic heterocycles. The highest BCUT2D eigenvalue weighted by Crippen LogP contribution is 2.33. The largest absolute Gasteiger partial charge is 0.463 e. The zero-order valence-electron chi connectivity index (χ0n) is 15.9. The molecule has 1 unspecified atom stereocenters. The summed E-state index contributed by atoms with van der Waals surface area (Å²) < 4.78 is 5.13. The second-order valence-corrected chi connectivity index (χ2v) is 6.80. The maximum absolute atomic E-state index is 13.0. The van der Waals surface area contributed by atoms with E-state index in [4.69, 9.17) is 4.74 Å². The smallest absolute Gasteiger partial charge is 0.338 e. The minimum absolute atomic E-state index is 0.185. The molecule has 0 spiro atoms. The topological polar surface area (TPSA) is 102 Å². The Morgan fingerprint density at radius 2 is 1.59 bits per heavy atom. The molecule has 1 aliphatic heterocycles. The summed E-state index contributed by atoms with van der Waals surface area (Å²) in [6.45, 7) is 3.49. The molecular formula is C22H18N2O5. The Bertz CT molecular complexity index is 1120. The zero-order valence-corrected chi connectivity index (χ0v) is 15.9. The number of nitrogens with one attached hydrogen (secondary N) is 2. The zero-order chi connectivity index (χ0) is 20.7. The van der Waals surface area contributed by atoms with Crippen molar-refractivity contribution in [3.63, 3.8) is 0 Å². The van der Waals surface area contributed by atoms with Gasteiger partial charge in [-0.2, -0.15) is 0 Å². The van der Waals surface area contributed by atoms with E-state index in [9.17, 15) is 19.2 Å². The molecular weight excluding hydrogens is 372 g/mol. The lowest BCUT2D eigenvalue weighted by Crippen LogP contribution is -2.45. The first-order valence-corrected chi connectivity index (χ1v) is 9.20. The van der Waals surface area contributed by atoms with E-state index in [1.54, 1.807) is 56.3 Å². The third-order valence-electron chi connectivity index (χ3n) is 5.05. The van der Waals surface area contributed by atoms with Crippen molar-refractivity contribution in [1.29, 1.82) is 0 Å². The van der Waals surface area contributed by atoms with E-state index in [-0.39, 0.29) is 29.3 Å². The number of allylic oxidation sites excluding steroid dienone is 1. The maximum Gasteiger partial charge on any atom is 0.338 e. The molecule has 0 radical (unpaired) electrons. The number of ketones is 2. The number of urea groups is 1. The number of carbonyl (C=O) groups excluding carboxylic acids is 4. The molecule has 2 aliphatic rings. The minimum atomic E-state index is -0.798. The van der Waals surface area contributed by atoms with Crippen molar-refractivity contribution in [2.75, 3.05) is 6.61 Å². The predicted molar refractivity (Wildman–Crippen MR) is 103 cm³/mol. The van der Waals surface area contributed by atoms with Crippen LogP contribution in [0.4, 0.5) is 4.79 Å². The van der Waals surface area contributed by atoms with Gasteiger partial charge in [0.2, 0.25) is 0 Å². The van der Waals surface area contributed by atoms with Gasteiger partial charge in [-0.05, 0) is 31.5 Å². The predicted octanol–water partition coefficient (Wildman–Crippen LogP) is 2.65. The minimum Gasteiger partial charge on any atom is -0.463 e. The summed E-state index contributed by atoms with van der Waals surface area (Å²) in [4.78, 5) is 50.3. The average Bonchev–Trinajstić information content (AvgIpc) is 2.71. The lowest BCUT2D eigenvalue weighted by Gasteiger charge is -2.29. The molecule has 1 atom stereocenters. The molecule has 2 aromatic carbocycles. The number of hydrogen-bond donors (Lipinski definition) is 2. The monoisotopic (exact) mass is 390 g/mol. The first kappa shape index (κ1) is 18.6. The van der Waals surface area contributed by atoms with Gasteiger partial charge in [-0.25, -0.2) is 9.59 Å². The molecule has 7 nitrogen and oxygen atoms in total. The molecule has 2 aromatic rings. The first-order valence-electron chi connectivity index (χ1n) is 9.20. The van der Waals surface area contributed by atoms with Gasteiger partial charge in [-0.1, -0.05) is 30.3 Å². The van der Waals surface area contributed by atoms with Crippen LogP contribution in [0.5, 0.6) is 0 Å². The summed E-state index contributed by atoms with van der Waals surface area (Å²) >= 11 is 0. The third kappa shape index (κ3) is 3.00. The molecule has 0 bridgehead atoms. The number of hydrogen-bond acceptors (Lipinski definition) is 5. The molecule has 7 heteroatoms. The normalized spacial score (nSPS) is 17.9. The molecule has 4 rings (SSSR count). The van der Waals surface area contributed by atoms with Crippen LogP contribution < -0.4 is 10.6 Å². The lowest BCUT2D eigenvalue weighted by atomic mass is 9.82. The summed E-state index contributed by atoms with van der Waals surface area (Å²) in [6.07, 6.45) is 0. The van der Waals surface area contributed by atoms with Crippen LogP contribution in [-0.4, -0.2) is 30.2 Å². The SMILES string of the molecule is CCOC(=O)C1=C(C)NC(=O)NC1c1ccc2c(c1)C(=O)c1ccccc1C2=O. The van der Waals surface area contributed by atoms with Crippen molar-refractivity contribution in [3.05, 3.63) is 81.6 Å². The van der Waals surface area contributed by atoms with Gasteiger partial charge in [0, 0.05) is 28.0 Å². The Balaban J connectivity index is 1.82. The van der Waals surface area contributed by atoms with Crippen LogP contribution >= 0.6 is 0 Å². The molecule has 1 heterocycles. The van der Waals surface area contributed by atoms with Crippen LogP contribution in [0, 0.1) is 0 Å². The molecule has 2 amide bonds. The summed E-state index contributed by atoms with van der Waals surface area (Å²) in [5, 5.41) is 5.27. The number of amides is 2. The van der Waals surface area contributed by atoms with Gasteiger partial charge in [-0.15, -0.1) is 0 Å². The second kappa shape index (κ2) is 7.01. The highest BCUT2D eigenvalue weighted by Gasteiger charge is 2.35. The highest BCUT2D eigenvalue weighted by atomic mass is 16.5. The molecule has 0 saturated heterocycles. The van der Waals surface area contributed by atoms with Crippen LogP contribution in [0.15, 0.2) is 53.7 Å². The Morgan fingerprint density at radius 1 is 0.966 bits per heavy atom. The van der Waals surface area contributed by atoms with Gasteiger partial charge in [0.25, 0.3) is 0 Å². The molecule has 29 heavy (non-hydrogen) atoms. The summed E-state index contributed by atoms with van der Waals surface area (Å²) in [5.41, 5.74) is 2.41. The number of fused-ring (bicyclic) bond motifs is 2. The van der Waals surface area contributed by atoms with Gasteiger partial charge >= 0.3 is 12.0 Å². The Labute approximate surface area is 166 Å². The van der Waals surface area contributed by atoms with E-state index in [2.05, 4.69) is 10.6 Å². The molecule has 2 N–H and O–H groups in total. The van der Waals surface area contributed by atoms with E-state index >= 15 is 0 Å². The molecule has 1 aliphatic carbocycles. The van der Waals surface area contributed by atoms with Gasteiger partial charge in [0.1, 0.15) is 0 Å². The van der Waals surface area contributed by atoms with Crippen LogP contribution in [0.3, 0.4) is 0 Å². The number of esters is 1. The van der Waals surface area contributed by atoms with Crippen LogP contribution in [0.1, 0.15) is 57.3 Å². The number of benzene rings is 2. The highest BCUT2D eigenvalue weighted by molar-refractivity contribution is 6.28. The Morgan fingerprint density at radius 3 is 2.24 bits per heavy atom. The van der Waals surface area contributed by atoms with Gasteiger partial charge in [0.15, 0.2) is 11.6 Å². The second-order valence-electron chi connectivity index (χ2n) is 6.80. The molecule has 146 valence electrons. The van der Waals surface area contributed by atoms with E-state index in [1.165, 1.54) is 0 Å². The molecule has 0 fully saturated rings. The van der Waals surface area contributed by atoms with Crippen molar-refractivity contribution in [2.45, 2.75) is 19.9 Å². The van der Waals surface area contributed by atoms with E-state index in [1.807, 2.05) is 0 Å². The van der Waals surface area contributed by atoms with Gasteiger partial charge < -0.3 is 15.4 Å². The Kier molecular flexibility index (Phi) is 4.50. The fourth-order valence-electron chi connectivity index (χ4n) is 3.72. The fraction of sp³-hybridized carbons (Fsp3) is 0.182. The molecule has 0 saturated carbocycles. The van der Waals surface area contributed by atoms with Gasteiger partial charge in [-0.3, -0.25) is 9.59 Å². The van der Waals surface area contributed by atoms with E-state index in [0.29, 0.717) is 28.0 Å². The Hall–Kier alpha value is -3.74. The summed E-state index contributed by atoms with van der Waals surface area (Å²) in [5.74, 6) is -1.06. The van der Waals surface area contributed by atoms with Gasteiger partial charge in [0.05, 0.1) is 18.2 Å². The first-order chi connectivity index (χ1) is 13.9. The van der Waals surface area contributed by atoms with Crippen LogP contribution in [0.2, 0.25) is 0 Å². The standard InChI is InChI=1S/C22H18N2O5/c1-3-29-21(27)17-11(2)23-22(28)24-18(17)12-8-9-15-16(10-12)20(26)14-7-5-4-6-13(14)19(15)25/h4-10,18H,3H2,1-2H3,(H2,23,24,28).